The second kappa shape index (κ2) is 5.07. The van der Waals surface area contributed by atoms with Crippen LogP contribution in [-0.4, -0.2) is 39.0 Å². The first-order chi connectivity index (χ1) is 8.97. The van der Waals surface area contributed by atoms with Crippen LogP contribution in [0.25, 0.3) is 0 Å². The summed E-state index contributed by atoms with van der Waals surface area (Å²) in [6, 6.07) is 1.19. The molecular formula is C14H20N2O3. The minimum Gasteiger partial charge on any atom is -0.480 e. The van der Waals surface area contributed by atoms with Gasteiger partial charge in [0.15, 0.2) is 0 Å². The molecule has 2 rings (SSSR count). The molecule has 0 aliphatic carbocycles. The minimum atomic E-state index is -0.907. The SMILES string of the molecule is CCn1c(C)cc(C(=O)N2CCCC2C(=O)O)c1C. The third-order valence-electron chi connectivity index (χ3n) is 3.92. The van der Waals surface area contributed by atoms with Gasteiger partial charge in [-0.1, -0.05) is 0 Å². The Bertz CT molecular complexity index is 519. The van der Waals surface area contributed by atoms with Gasteiger partial charge in [-0.3, -0.25) is 4.79 Å². The lowest BCUT2D eigenvalue weighted by atomic mass is 10.2. The summed E-state index contributed by atoms with van der Waals surface area (Å²) in [4.78, 5) is 25.2. The van der Waals surface area contributed by atoms with Gasteiger partial charge in [-0.05, 0) is 39.7 Å². The molecule has 104 valence electrons. The number of likely N-dealkylation sites (tertiary alicyclic amines) is 1. The molecule has 1 N–H and O–H groups in total. The Labute approximate surface area is 112 Å². The summed E-state index contributed by atoms with van der Waals surface area (Å²) in [5.41, 5.74) is 2.59. The van der Waals surface area contributed by atoms with E-state index < -0.39 is 12.0 Å². The number of amides is 1. The van der Waals surface area contributed by atoms with E-state index in [4.69, 9.17) is 5.11 Å². The average molecular weight is 264 g/mol. The standard InChI is InChI=1S/C14H20N2O3/c1-4-15-9(2)8-11(10(15)3)13(17)16-7-5-6-12(16)14(18)19/h8,12H,4-7H2,1-3H3,(H,18,19). The largest absolute Gasteiger partial charge is 0.480 e. The number of aryl methyl sites for hydroxylation is 1. The molecule has 0 radical (unpaired) electrons. The van der Waals surface area contributed by atoms with Crippen LogP contribution >= 0.6 is 0 Å². The number of hydrogen-bond donors (Lipinski definition) is 1. The fraction of sp³-hybridized carbons (Fsp3) is 0.571. The lowest BCUT2D eigenvalue weighted by molar-refractivity contribution is -0.141. The van der Waals surface area contributed by atoms with E-state index in [0.717, 1.165) is 24.4 Å². The minimum absolute atomic E-state index is 0.155. The Morgan fingerprint density at radius 1 is 1.42 bits per heavy atom. The number of rotatable bonds is 3. The van der Waals surface area contributed by atoms with Crippen molar-refractivity contribution in [1.82, 2.24) is 9.47 Å². The van der Waals surface area contributed by atoms with Gasteiger partial charge < -0.3 is 14.6 Å². The number of carboxylic acids is 1. The van der Waals surface area contributed by atoms with E-state index in [2.05, 4.69) is 4.57 Å². The molecule has 0 spiro atoms. The maximum absolute atomic E-state index is 12.5. The van der Waals surface area contributed by atoms with E-state index in [9.17, 15) is 9.59 Å². The molecule has 1 fully saturated rings. The maximum Gasteiger partial charge on any atom is 0.326 e. The van der Waals surface area contributed by atoms with Gasteiger partial charge in [0, 0.05) is 24.5 Å². The molecular weight excluding hydrogens is 244 g/mol. The van der Waals surface area contributed by atoms with Crippen molar-refractivity contribution >= 4 is 11.9 Å². The van der Waals surface area contributed by atoms with E-state index in [1.165, 1.54) is 4.90 Å². The summed E-state index contributed by atoms with van der Waals surface area (Å²) >= 11 is 0. The fourth-order valence-corrected chi connectivity index (χ4v) is 2.93. The molecule has 1 unspecified atom stereocenters. The van der Waals surface area contributed by atoms with E-state index in [0.29, 0.717) is 18.5 Å². The van der Waals surface area contributed by atoms with Crippen molar-refractivity contribution in [2.24, 2.45) is 0 Å². The van der Waals surface area contributed by atoms with Gasteiger partial charge in [-0.25, -0.2) is 4.79 Å². The normalized spacial score (nSPS) is 18.9. The zero-order valence-electron chi connectivity index (χ0n) is 11.6. The van der Waals surface area contributed by atoms with Crippen LogP contribution in [0.5, 0.6) is 0 Å². The average Bonchev–Trinajstić information content (AvgIpc) is 2.93. The number of carbonyl (C=O) groups excluding carboxylic acids is 1. The van der Waals surface area contributed by atoms with Crippen molar-refractivity contribution in [3.05, 3.63) is 23.0 Å². The highest BCUT2D eigenvalue weighted by atomic mass is 16.4. The monoisotopic (exact) mass is 264 g/mol. The summed E-state index contributed by atoms with van der Waals surface area (Å²) in [5.74, 6) is -1.06. The lowest BCUT2D eigenvalue weighted by Gasteiger charge is -2.21. The van der Waals surface area contributed by atoms with Crippen LogP contribution in [0.1, 0.15) is 41.5 Å². The van der Waals surface area contributed by atoms with Gasteiger partial charge in [0.25, 0.3) is 5.91 Å². The zero-order valence-corrected chi connectivity index (χ0v) is 11.6. The van der Waals surface area contributed by atoms with Crippen LogP contribution in [-0.2, 0) is 11.3 Å². The third-order valence-corrected chi connectivity index (χ3v) is 3.92. The van der Waals surface area contributed by atoms with Crippen LogP contribution < -0.4 is 0 Å². The van der Waals surface area contributed by atoms with Crippen LogP contribution in [0.4, 0.5) is 0 Å². The molecule has 1 atom stereocenters. The molecule has 0 aromatic carbocycles. The van der Waals surface area contributed by atoms with E-state index >= 15 is 0 Å². The number of hydrogen-bond acceptors (Lipinski definition) is 2. The first-order valence-corrected chi connectivity index (χ1v) is 6.67. The summed E-state index contributed by atoms with van der Waals surface area (Å²) in [6.45, 7) is 7.25. The fourth-order valence-electron chi connectivity index (χ4n) is 2.93. The molecule has 1 aromatic rings. The first kappa shape index (κ1) is 13.6. The van der Waals surface area contributed by atoms with Crippen LogP contribution in [0, 0.1) is 13.8 Å². The molecule has 5 nitrogen and oxygen atoms in total. The molecule has 1 aromatic heterocycles. The van der Waals surface area contributed by atoms with Gasteiger partial charge in [0.2, 0.25) is 0 Å². The molecule has 1 aliphatic heterocycles. The quantitative estimate of drug-likeness (QED) is 0.905. The van der Waals surface area contributed by atoms with E-state index in [-0.39, 0.29) is 5.91 Å². The molecule has 0 saturated carbocycles. The lowest BCUT2D eigenvalue weighted by Crippen LogP contribution is -2.40. The Hall–Kier alpha value is -1.78. The Morgan fingerprint density at radius 2 is 2.11 bits per heavy atom. The smallest absolute Gasteiger partial charge is 0.326 e. The van der Waals surface area contributed by atoms with Crippen molar-refractivity contribution in [3.8, 4) is 0 Å². The highest BCUT2D eigenvalue weighted by Gasteiger charge is 2.35. The third kappa shape index (κ3) is 2.25. The summed E-state index contributed by atoms with van der Waals surface area (Å²) in [6.07, 6.45) is 1.31. The van der Waals surface area contributed by atoms with Gasteiger partial charge in [-0.15, -0.1) is 0 Å². The second-order valence-corrected chi connectivity index (χ2v) is 5.02. The van der Waals surface area contributed by atoms with Crippen molar-refractivity contribution in [1.29, 1.82) is 0 Å². The highest BCUT2D eigenvalue weighted by Crippen LogP contribution is 2.23. The Balaban J connectivity index is 2.32. The van der Waals surface area contributed by atoms with Crippen molar-refractivity contribution < 1.29 is 14.7 Å². The number of carboxylic acid groups (broad SMARTS) is 1. The van der Waals surface area contributed by atoms with Gasteiger partial charge >= 0.3 is 5.97 Å². The summed E-state index contributed by atoms with van der Waals surface area (Å²) in [7, 11) is 0. The number of aliphatic carboxylic acids is 1. The van der Waals surface area contributed by atoms with Gasteiger partial charge in [-0.2, -0.15) is 0 Å². The van der Waals surface area contributed by atoms with Gasteiger partial charge in [0.05, 0.1) is 5.56 Å². The molecule has 5 heteroatoms. The molecule has 2 heterocycles. The van der Waals surface area contributed by atoms with Crippen molar-refractivity contribution in [2.75, 3.05) is 6.54 Å². The summed E-state index contributed by atoms with van der Waals surface area (Å²) < 4.78 is 2.07. The van der Waals surface area contributed by atoms with E-state index in [1.807, 2.05) is 26.8 Å². The molecule has 1 amide bonds. The first-order valence-electron chi connectivity index (χ1n) is 6.67. The topological polar surface area (TPSA) is 62.5 Å². The molecule has 1 saturated heterocycles. The van der Waals surface area contributed by atoms with E-state index in [1.54, 1.807) is 0 Å². The second-order valence-electron chi connectivity index (χ2n) is 5.02. The van der Waals surface area contributed by atoms with Crippen LogP contribution in [0.3, 0.4) is 0 Å². The molecule has 19 heavy (non-hydrogen) atoms. The highest BCUT2D eigenvalue weighted by molar-refractivity contribution is 5.98. The predicted molar refractivity (Wildman–Crippen MR) is 71.3 cm³/mol. The predicted octanol–water partition coefficient (Wildman–Crippen LogP) is 1.81. The number of carbonyl (C=O) groups is 2. The van der Waals surface area contributed by atoms with Crippen molar-refractivity contribution in [3.63, 3.8) is 0 Å². The molecule has 1 aliphatic rings. The van der Waals surface area contributed by atoms with Gasteiger partial charge in [0.1, 0.15) is 6.04 Å². The number of nitrogens with zero attached hydrogens (tertiary/aromatic N) is 2. The number of aromatic nitrogens is 1. The summed E-state index contributed by atoms with van der Waals surface area (Å²) in [5, 5.41) is 9.16. The van der Waals surface area contributed by atoms with Crippen molar-refractivity contribution in [2.45, 2.75) is 46.2 Å². The zero-order chi connectivity index (χ0) is 14.2. The van der Waals surface area contributed by atoms with Crippen LogP contribution in [0.15, 0.2) is 6.07 Å². The molecule has 0 bridgehead atoms. The van der Waals surface area contributed by atoms with Crippen LogP contribution in [0.2, 0.25) is 0 Å². The Morgan fingerprint density at radius 3 is 2.63 bits per heavy atom. The maximum atomic E-state index is 12.5. The Kier molecular flexibility index (Phi) is 3.64.